The second kappa shape index (κ2) is 13.0. The van der Waals surface area contributed by atoms with Crippen LogP contribution in [-0.4, -0.2) is 5.16 Å². The highest BCUT2D eigenvalue weighted by Gasteiger charge is 2.15. The number of rotatable bonds is 14. The molecule has 1 aromatic heterocycles. The van der Waals surface area contributed by atoms with Crippen LogP contribution in [0.5, 0.6) is 0 Å². The first-order chi connectivity index (χ1) is 10.8. The zero-order valence-electron chi connectivity index (χ0n) is 14.6. The van der Waals surface area contributed by atoms with Crippen LogP contribution in [0.25, 0.3) is 0 Å². The van der Waals surface area contributed by atoms with Crippen LogP contribution in [0.2, 0.25) is 5.22 Å². The van der Waals surface area contributed by atoms with Gasteiger partial charge < -0.3 is 4.52 Å². The van der Waals surface area contributed by atoms with E-state index in [2.05, 4.69) is 19.0 Å². The summed E-state index contributed by atoms with van der Waals surface area (Å²) in [6, 6.07) is 1.91. The van der Waals surface area contributed by atoms with E-state index in [9.17, 15) is 0 Å². The van der Waals surface area contributed by atoms with Crippen LogP contribution in [0.3, 0.4) is 0 Å². The monoisotopic (exact) mass is 327 g/mol. The molecule has 0 fully saturated rings. The Morgan fingerprint density at radius 2 is 1.36 bits per heavy atom. The van der Waals surface area contributed by atoms with Crippen LogP contribution in [0, 0.1) is 0 Å². The third-order valence-electron chi connectivity index (χ3n) is 4.48. The summed E-state index contributed by atoms with van der Waals surface area (Å²) >= 11 is 5.90. The van der Waals surface area contributed by atoms with Gasteiger partial charge in [0.05, 0.1) is 5.69 Å². The van der Waals surface area contributed by atoms with Crippen molar-refractivity contribution in [3.05, 3.63) is 17.0 Å². The molecule has 0 spiro atoms. The van der Waals surface area contributed by atoms with Crippen LogP contribution in [0.15, 0.2) is 10.6 Å². The minimum Gasteiger partial charge on any atom is -0.344 e. The van der Waals surface area contributed by atoms with Gasteiger partial charge in [0.25, 0.3) is 0 Å². The Morgan fingerprint density at radius 3 is 1.82 bits per heavy atom. The van der Waals surface area contributed by atoms with Crippen molar-refractivity contribution in [1.82, 2.24) is 5.16 Å². The van der Waals surface area contributed by atoms with Crippen LogP contribution in [0.1, 0.15) is 109 Å². The van der Waals surface area contributed by atoms with Gasteiger partial charge >= 0.3 is 0 Å². The largest absolute Gasteiger partial charge is 0.344 e. The van der Waals surface area contributed by atoms with Gasteiger partial charge in [-0.2, -0.15) is 0 Å². The zero-order valence-corrected chi connectivity index (χ0v) is 15.3. The van der Waals surface area contributed by atoms with Gasteiger partial charge in [0.1, 0.15) is 0 Å². The highest BCUT2D eigenvalue weighted by Crippen LogP contribution is 2.29. The maximum Gasteiger partial charge on any atom is 0.226 e. The molecule has 128 valence electrons. The summed E-state index contributed by atoms with van der Waals surface area (Å²) in [6.07, 6.45) is 17.2. The number of nitrogens with zero attached hydrogens (tertiary/aromatic N) is 1. The van der Waals surface area contributed by atoms with Gasteiger partial charge in [-0.15, -0.1) is 0 Å². The molecule has 22 heavy (non-hydrogen) atoms. The molecule has 0 radical (unpaired) electrons. The van der Waals surface area contributed by atoms with Crippen molar-refractivity contribution in [3.63, 3.8) is 0 Å². The Bertz CT molecular complexity index is 364. The summed E-state index contributed by atoms with van der Waals surface area (Å²) < 4.78 is 5.07. The summed E-state index contributed by atoms with van der Waals surface area (Å²) in [5, 5.41) is 4.58. The maximum atomic E-state index is 5.90. The first-order valence-corrected chi connectivity index (χ1v) is 9.77. The van der Waals surface area contributed by atoms with Gasteiger partial charge in [-0.05, 0) is 24.4 Å². The fourth-order valence-corrected chi connectivity index (χ4v) is 3.21. The molecule has 0 saturated carbocycles. The van der Waals surface area contributed by atoms with E-state index in [0.29, 0.717) is 11.1 Å². The number of hydrogen-bond donors (Lipinski definition) is 0. The van der Waals surface area contributed by atoms with Gasteiger partial charge in [-0.25, -0.2) is 0 Å². The molecule has 1 heterocycles. The molecule has 3 heteroatoms. The highest BCUT2D eigenvalue weighted by molar-refractivity contribution is 6.28. The molecule has 0 aliphatic heterocycles. The molecule has 0 aliphatic rings. The molecule has 0 aromatic carbocycles. The molecule has 0 aliphatic carbocycles. The van der Waals surface area contributed by atoms with Crippen molar-refractivity contribution in [3.8, 4) is 0 Å². The van der Waals surface area contributed by atoms with Gasteiger partial charge in [0.15, 0.2) is 0 Å². The van der Waals surface area contributed by atoms with Crippen molar-refractivity contribution in [2.75, 3.05) is 0 Å². The SMILES string of the molecule is CCCCCCCCC(CCCCCCC)c1cc(Cl)on1. The highest BCUT2D eigenvalue weighted by atomic mass is 35.5. The smallest absolute Gasteiger partial charge is 0.226 e. The Balaban J connectivity index is 2.28. The lowest BCUT2D eigenvalue weighted by Crippen LogP contribution is -2.00. The zero-order chi connectivity index (χ0) is 16.0. The fourth-order valence-electron chi connectivity index (χ4n) is 3.06. The molecular formula is C19H34ClNO. The van der Waals surface area contributed by atoms with E-state index in [1.165, 1.54) is 83.5 Å². The Kier molecular flexibility index (Phi) is 11.5. The normalized spacial score (nSPS) is 12.7. The van der Waals surface area contributed by atoms with Gasteiger partial charge in [0, 0.05) is 12.0 Å². The predicted molar refractivity (Wildman–Crippen MR) is 95.6 cm³/mol. The van der Waals surface area contributed by atoms with Crippen molar-refractivity contribution in [2.24, 2.45) is 0 Å². The minimum atomic E-state index is 0.425. The molecular weight excluding hydrogens is 294 g/mol. The van der Waals surface area contributed by atoms with Crippen molar-refractivity contribution in [2.45, 2.75) is 103 Å². The molecule has 0 N–H and O–H groups in total. The number of hydrogen-bond acceptors (Lipinski definition) is 2. The third-order valence-corrected chi connectivity index (χ3v) is 4.66. The molecule has 0 saturated heterocycles. The maximum absolute atomic E-state index is 5.90. The average molecular weight is 328 g/mol. The van der Waals surface area contributed by atoms with Crippen LogP contribution in [0.4, 0.5) is 0 Å². The van der Waals surface area contributed by atoms with E-state index in [4.69, 9.17) is 16.1 Å². The van der Waals surface area contributed by atoms with E-state index >= 15 is 0 Å². The molecule has 1 aromatic rings. The van der Waals surface area contributed by atoms with E-state index in [1.807, 2.05) is 6.07 Å². The topological polar surface area (TPSA) is 26.0 Å². The van der Waals surface area contributed by atoms with Crippen LogP contribution in [-0.2, 0) is 0 Å². The average Bonchev–Trinajstić information content (AvgIpc) is 2.94. The van der Waals surface area contributed by atoms with Crippen LogP contribution < -0.4 is 0 Å². The molecule has 0 amide bonds. The Hall–Kier alpha value is -0.500. The molecule has 0 bridgehead atoms. The Morgan fingerprint density at radius 1 is 0.864 bits per heavy atom. The molecule has 1 rings (SSSR count). The molecule has 1 atom stereocenters. The standard InChI is InChI=1S/C19H34ClNO/c1-3-5-7-9-11-13-15-17(14-12-10-8-6-4-2)18-16-19(20)22-21-18/h16-17H,3-15H2,1-2H3. The second-order valence-electron chi connectivity index (χ2n) is 6.51. The van der Waals surface area contributed by atoms with Crippen molar-refractivity contribution >= 4 is 11.6 Å². The number of aromatic nitrogens is 1. The van der Waals surface area contributed by atoms with E-state index < -0.39 is 0 Å². The first kappa shape index (κ1) is 19.5. The summed E-state index contributed by atoms with van der Waals surface area (Å²) in [4.78, 5) is 0. The second-order valence-corrected chi connectivity index (χ2v) is 6.88. The minimum absolute atomic E-state index is 0.425. The fraction of sp³-hybridized carbons (Fsp3) is 0.842. The van der Waals surface area contributed by atoms with Crippen LogP contribution >= 0.6 is 11.6 Å². The lowest BCUT2D eigenvalue weighted by Gasteiger charge is -2.14. The van der Waals surface area contributed by atoms with Gasteiger partial charge in [-0.3, -0.25) is 0 Å². The third kappa shape index (κ3) is 8.82. The lowest BCUT2D eigenvalue weighted by molar-refractivity contribution is 0.394. The summed E-state index contributed by atoms with van der Waals surface area (Å²) in [5.74, 6) is 0.532. The van der Waals surface area contributed by atoms with Gasteiger partial charge in [-0.1, -0.05) is 89.6 Å². The number of unbranched alkanes of at least 4 members (excludes halogenated alkanes) is 9. The quantitative estimate of drug-likeness (QED) is 0.330. The van der Waals surface area contributed by atoms with Gasteiger partial charge in [0.2, 0.25) is 5.22 Å². The number of halogens is 1. The summed E-state index contributed by atoms with van der Waals surface area (Å²) in [5.41, 5.74) is 1.06. The summed E-state index contributed by atoms with van der Waals surface area (Å²) in [7, 11) is 0. The van der Waals surface area contributed by atoms with Crippen molar-refractivity contribution in [1.29, 1.82) is 0 Å². The first-order valence-electron chi connectivity index (χ1n) is 9.40. The lowest BCUT2D eigenvalue weighted by atomic mass is 9.91. The predicted octanol–water partition coefficient (Wildman–Crippen LogP) is 7.52. The molecule has 1 unspecified atom stereocenters. The summed E-state index contributed by atoms with van der Waals surface area (Å²) in [6.45, 7) is 4.53. The van der Waals surface area contributed by atoms with E-state index in [-0.39, 0.29) is 0 Å². The van der Waals surface area contributed by atoms with E-state index in [1.54, 1.807) is 0 Å². The van der Waals surface area contributed by atoms with E-state index in [0.717, 1.165) is 5.69 Å². The molecule has 2 nitrogen and oxygen atoms in total. The Labute approximate surface area is 142 Å². The van der Waals surface area contributed by atoms with Crippen molar-refractivity contribution < 1.29 is 4.52 Å².